The van der Waals surface area contributed by atoms with Crippen LogP contribution in [0.4, 0.5) is 26.1 Å². The van der Waals surface area contributed by atoms with Crippen molar-refractivity contribution in [3.63, 3.8) is 0 Å². The Bertz CT molecular complexity index is 268. The van der Waals surface area contributed by atoms with Crippen molar-refractivity contribution in [2.75, 3.05) is 0 Å². The van der Waals surface area contributed by atoms with Gasteiger partial charge in [-0.15, -0.1) is 0 Å². The zero-order chi connectivity index (χ0) is 10.3. The maximum atomic E-state index is 11.9. The Morgan fingerprint density at radius 1 is 1.08 bits per heavy atom. The van der Waals surface area contributed by atoms with E-state index in [1.54, 1.807) is 0 Å². The van der Waals surface area contributed by atoms with Crippen molar-refractivity contribution in [3.8, 4) is 0 Å². The van der Waals surface area contributed by atoms with Crippen LogP contribution in [-0.2, 0) is 6.18 Å². The maximum Gasteiger partial charge on any atom is 0.519 e. The molecule has 0 aliphatic heterocycles. The minimum absolute atomic E-state index is 0.275. The number of rotatable bonds is 1. The molecule has 1 rings (SSSR count). The van der Waals surface area contributed by atoms with Gasteiger partial charge in [0.1, 0.15) is 4.88 Å². The fraction of sp³-hybridized carbons (Fsp3) is 0.200. The highest BCUT2D eigenvalue weighted by atomic mass is 32.1. The molecular weight excluding hydrogens is 217 g/mol. The Morgan fingerprint density at radius 3 is 1.85 bits per heavy atom. The Kier molecular flexibility index (Phi) is 2.35. The summed E-state index contributed by atoms with van der Waals surface area (Å²) < 4.78 is 70.0. The van der Waals surface area contributed by atoms with Gasteiger partial charge >= 0.3 is 13.2 Å². The van der Waals surface area contributed by atoms with Crippen LogP contribution in [0.3, 0.4) is 0 Å². The highest BCUT2D eigenvalue weighted by Crippen LogP contribution is 2.33. The Balaban J connectivity index is 3.01. The van der Waals surface area contributed by atoms with Crippen LogP contribution in [0.15, 0.2) is 12.1 Å². The van der Waals surface area contributed by atoms with Gasteiger partial charge in [-0.3, -0.25) is 0 Å². The molecule has 0 aromatic carbocycles. The van der Waals surface area contributed by atoms with E-state index in [-0.39, 0.29) is 11.3 Å². The first-order chi connectivity index (χ1) is 5.71. The summed E-state index contributed by atoms with van der Waals surface area (Å²) >= 11 is -0.275. The smallest absolute Gasteiger partial charge is 0.444 e. The van der Waals surface area contributed by atoms with Crippen molar-refractivity contribution in [1.82, 2.24) is 0 Å². The summed E-state index contributed by atoms with van der Waals surface area (Å²) in [6.45, 7) is -5.32. The van der Waals surface area contributed by atoms with Gasteiger partial charge in [0.05, 0.1) is 0 Å². The third-order valence-electron chi connectivity index (χ3n) is 1.23. The van der Waals surface area contributed by atoms with Crippen LogP contribution < -0.4 is 4.78 Å². The molecule has 1 aromatic heterocycles. The molecule has 0 atom stereocenters. The van der Waals surface area contributed by atoms with Gasteiger partial charge in [0, 0.05) is 0 Å². The second kappa shape index (κ2) is 2.93. The molecule has 13 heavy (non-hydrogen) atoms. The minimum Gasteiger partial charge on any atom is -0.444 e. The summed E-state index contributed by atoms with van der Waals surface area (Å²) in [4.78, 5) is -1.22. The number of hydrogen-bond donors (Lipinski definition) is 0. The molecule has 0 aliphatic rings. The first-order valence-corrected chi connectivity index (χ1v) is 3.90. The summed E-state index contributed by atoms with van der Waals surface area (Å²) in [7, 11) is 0. The van der Waals surface area contributed by atoms with Gasteiger partial charge in [0.25, 0.3) is 0 Å². The molecule has 0 N–H and O–H groups in total. The highest BCUT2D eigenvalue weighted by Gasteiger charge is 2.35. The summed E-state index contributed by atoms with van der Waals surface area (Å²) in [6, 6.07) is 0.892. The normalized spacial score (nSPS) is 13.4. The largest absolute Gasteiger partial charge is 0.519 e. The summed E-state index contributed by atoms with van der Waals surface area (Å²) in [5.41, 5.74) is 0. The molecule has 0 aliphatic carbocycles. The molecule has 0 saturated heterocycles. The van der Waals surface area contributed by atoms with E-state index in [4.69, 9.17) is 0 Å². The van der Waals surface area contributed by atoms with Gasteiger partial charge < -0.3 is 12.9 Å². The van der Waals surface area contributed by atoms with Gasteiger partial charge in [0.15, 0.2) is 0 Å². The van der Waals surface area contributed by atoms with Crippen LogP contribution in [0, 0.1) is 0 Å². The zero-order valence-corrected chi connectivity index (χ0v) is 6.72. The monoisotopic (exact) mass is 219 g/mol. The number of halogens is 6. The minimum atomic E-state index is -5.32. The standard InChI is InChI=1S/C5H2BF6S/c7-5(8,9)3-1-2-4(13-3)6(10,11)12/h1-2H/q-1. The highest BCUT2D eigenvalue weighted by molar-refractivity contribution is 7.24. The number of thiophene rings is 1. The predicted molar refractivity (Wildman–Crippen MR) is 38.0 cm³/mol. The fourth-order valence-electron chi connectivity index (χ4n) is 0.681. The van der Waals surface area contributed by atoms with Crippen molar-refractivity contribution < 1.29 is 26.1 Å². The summed E-state index contributed by atoms with van der Waals surface area (Å²) in [5.74, 6) is 0. The SMILES string of the molecule is F[B-](F)(F)c1ccc(C(F)(F)F)s1. The maximum absolute atomic E-state index is 11.9. The second-order valence-corrected chi connectivity index (χ2v) is 3.39. The van der Waals surface area contributed by atoms with E-state index < -0.39 is 22.8 Å². The average Bonchev–Trinajstić information content (AvgIpc) is 2.28. The molecule has 1 aromatic rings. The second-order valence-electron chi connectivity index (χ2n) is 2.27. The van der Waals surface area contributed by atoms with E-state index in [1.807, 2.05) is 0 Å². The Hall–Kier alpha value is -0.655. The summed E-state index contributed by atoms with van der Waals surface area (Å²) in [6.07, 6.45) is -4.69. The van der Waals surface area contributed by atoms with Crippen LogP contribution >= 0.6 is 11.3 Å². The van der Waals surface area contributed by atoms with Gasteiger partial charge in [-0.1, -0.05) is 10.8 Å². The van der Waals surface area contributed by atoms with E-state index in [1.165, 1.54) is 0 Å². The lowest BCUT2D eigenvalue weighted by molar-refractivity contribution is -0.134. The van der Waals surface area contributed by atoms with Crippen LogP contribution in [0.25, 0.3) is 0 Å². The molecule has 1 heterocycles. The van der Waals surface area contributed by atoms with Gasteiger partial charge in [-0.2, -0.15) is 24.5 Å². The van der Waals surface area contributed by atoms with Crippen LogP contribution in [0.2, 0.25) is 0 Å². The Labute approximate surface area is 73.2 Å². The van der Waals surface area contributed by atoms with Crippen LogP contribution in [0.5, 0.6) is 0 Å². The molecule has 0 radical (unpaired) electrons. The third-order valence-corrected chi connectivity index (χ3v) is 2.46. The molecule has 8 heteroatoms. The quantitative estimate of drug-likeness (QED) is 0.503. The molecule has 0 saturated carbocycles. The fourth-order valence-corrected chi connectivity index (χ4v) is 1.46. The predicted octanol–water partition coefficient (Wildman–Crippen LogP) is 2.82. The van der Waals surface area contributed by atoms with Crippen molar-refractivity contribution in [3.05, 3.63) is 17.0 Å². The lowest BCUT2D eigenvalue weighted by Gasteiger charge is -2.10. The Morgan fingerprint density at radius 2 is 1.62 bits per heavy atom. The molecule has 0 bridgehead atoms. The van der Waals surface area contributed by atoms with E-state index in [0.717, 1.165) is 0 Å². The van der Waals surface area contributed by atoms with Crippen molar-refractivity contribution in [2.45, 2.75) is 6.18 Å². The van der Waals surface area contributed by atoms with Crippen molar-refractivity contribution in [2.24, 2.45) is 0 Å². The van der Waals surface area contributed by atoms with E-state index >= 15 is 0 Å². The van der Waals surface area contributed by atoms with Crippen LogP contribution in [-0.4, -0.2) is 6.98 Å². The molecule has 74 valence electrons. The first kappa shape index (κ1) is 10.4. The van der Waals surface area contributed by atoms with Crippen molar-refractivity contribution >= 4 is 23.1 Å². The lowest BCUT2D eigenvalue weighted by Crippen LogP contribution is -2.30. The number of hydrogen-bond acceptors (Lipinski definition) is 1. The average molecular weight is 219 g/mol. The zero-order valence-electron chi connectivity index (χ0n) is 5.91. The van der Waals surface area contributed by atoms with E-state index in [9.17, 15) is 26.1 Å². The molecule has 0 fully saturated rings. The van der Waals surface area contributed by atoms with Gasteiger partial charge in [0.2, 0.25) is 0 Å². The third kappa shape index (κ3) is 2.39. The lowest BCUT2D eigenvalue weighted by atomic mass is 9.90. The van der Waals surface area contributed by atoms with E-state index in [2.05, 4.69) is 0 Å². The molecule has 0 unspecified atom stereocenters. The van der Waals surface area contributed by atoms with Gasteiger partial charge in [-0.05, 0) is 6.07 Å². The summed E-state index contributed by atoms with van der Waals surface area (Å²) in [5, 5.41) is 0. The number of alkyl halides is 3. The van der Waals surface area contributed by atoms with Crippen LogP contribution in [0.1, 0.15) is 4.88 Å². The molecule has 0 nitrogen and oxygen atoms in total. The molecular formula is C5H2BF6S-. The van der Waals surface area contributed by atoms with Gasteiger partial charge in [-0.25, -0.2) is 0 Å². The molecule has 0 amide bonds. The first-order valence-electron chi connectivity index (χ1n) is 3.08. The van der Waals surface area contributed by atoms with E-state index in [0.29, 0.717) is 12.1 Å². The van der Waals surface area contributed by atoms with Crippen molar-refractivity contribution in [1.29, 1.82) is 0 Å². The topological polar surface area (TPSA) is 0 Å². The molecule has 0 spiro atoms.